The molecule has 0 radical (unpaired) electrons. The molecular formula is C43H31NO. The lowest BCUT2D eigenvalue weighted by molar-refractivity contribution is 0.653. The second kappa shape index (κ2) is 9.70. The number of rotatable bonds is 4. The zero-order valence-corrected chi connectivity index (χ0v) is 25.3. The Balaban J connectivity index is 1.26. The van der Waals surface area contributed by atoms with Gasteiger partial charge in [-0.3, -0.25) is 0 Å². The van der Waals surface area contributed by atoms with Gasteiger partial charge in [0.25, 0.3) is 0 Å². The van der Waals surface area contributed by atoms with E-state index in [2.05, 4.69) is 164 Å². The molecule has 0 fully saturated rings. The van der Waals surface area contributed by atoms with Gasteiger partial charge < -0.3 is 9.32 Å². The third-order valence-corrected chi connectivity index (χ3v) is 9.65. The standard InChI is InChI=1S/C43H31NO/c1-43(2)38-24-22-34(27-37(38)41-39(43)25-23-36-35-14-8-9-15-40(35)45-42(36)41)44(33-21-18-29-12-6-7-13-31(29)26-33)32-19-16-30(17-20-32)28-10-4-3-5-11-28/h3-27H,1-2H3. The normalized spacial score (nSPS) is 13.3. The van der Waals surface area contributed by atoms with Crippen LogP contribution in [0.1, 0.15) is 25.0 Å². The Kier molecular flexibility index (Phi) is 5.58. The lowest BCUT2D eigenvalue weighted by Gasteiger charge is -2.27. The number of nitrogens with zero attached hydrogens (tertiary/aromatic N) is 1. The van der Waals surface area contributed by atoms with Gasteiger partial charge in [-0.15, -0.1) is 0 Å². The maximum absolute atomic E-state index is 6.60. The van der Waals surface area contributed by atoms with Crippen molar-refractivity contribution in [1.82, 2.24) is 0 Å². The molecule has 0 saturated carbocycles. The zero-order valence-electron chi connectivity index (χ0n) is 25.3. The Morgan fingerprint density at radius 1 is 0.489 bits per heavy atom. The molecule has 214 valence electrons. The van der Waals surface area contributed by atoms with Crippen LogP contribution >= 0.6 is 0 Å². The molecule has 2 heteroatoms. The van der Waals surface area contributed by atoms with Gasteiger partial charge in [0.15, 0.2) is 0 Å². The minimum absolute atomic E-state index is 0.137. The molecule has 1 aliphatic rings. The lowest BCUT2D eigenvalue weighted by Crippen LogP contribution is -2.15. The van der Waals surface area contributed by atoms with Crippen LogP contribution in [0.25, 0.3) is 55.0 Å². The van der Waals surface area contributed by atoms with Crippen LogP contribution in [0.5, 0.6) is 0 Å². The molecule has 0 spiro atoms. The summed E-state index contributed by atoms with van der Waals surface area (Å²) in [5.74, 6) is 0. The highest BCUT2D eigenvalue weighted by Crippen LogP contribution is 2.54. The maximum Gasteiger partial charge on any atom is 0.143 e. The summed E-state index contributed by atoms with van der Waals surface area (Å²) in [5, 5.41) is 4.78. The highest BCUT2D eigenvalue weighted by atomic mass is 16.3. The monoisotopic (exact) mass is 577 g/mol. The summed E-state index contributed by atoms with van der Waals surface area (Å²) in [4.78, 5) is 2.38. The number of anilines is 3. The Labute approximate surface area is 262 Å². The fraction of sp³-hybridized carbons (Fsp3) is 0.0698. The Morgan fingerprint density at radius 3 is 1.98 bits per heavy atom. The van der Waals surface area contributed by atoms with Crippen molar-refractivity contribution in [3.05, 3.63) is 163 Å². The summed E-state index contributed by atoms with van der Waals surface area (Å²) >= 11 is 0. The highest BCUT2D eigenvalue weighted by Gasteiger charge is 2.38. The third-order valence-electron chi connectivity index (χ3n) is 9.65. The first kappa shape index (κ1) is 25.9. The van der Waals surface area contributed by atoms with E-state index >= 15 is 0 Å². The van der Waals surface area contributed by atoms with E-state index in [-0.39, 0.29) is 5.41 Å². The smallest absolute Gasteiger partial charge is 0.143 e. The molecule has 0 aliphatic heterocycles. The number of benzene rings is 7. The molecule has 0 bridgehead atoms. The van der Waals surface area contributed by atoms with E-state index in [4.69, 9.17) is 4.42 Å². The van der Waals surface area contributed by atoms with Crippen LogP contribution in [-0.2, 0) is 5.41 Å². The van der Waals surface area contributed by atoms with E-state index in [1.807, 2.05) is 6.07 Å². The van der Waals surface area contributed by atoms with Crippen LogP contribution < -0.4 is 4.90 Å². The average Bonchev–Trinajstić information content (AvgIpc) is 3.57. The molecule has 45 heavy (non-hydrogen) atoms. The second-order valence-corrected chi connectivity index (χ2v) is 12.6. The molecule has 1 heterocycles. The molecule has 0 N–H and O–H groups in total. The van der Waals surface area contributed by atoms with Crippen molar-refractivity contribution in [3.8, 4) is 22.3 Å². The summed E-state index contributed by atoms with van der Waals surface area (Å²) in [6.07, 6.45) is 0. The van der Waals surface area contributed by atoms with Gasteiger partial charge in [0.2, 0.25) is 0 Å². The molecule has 1 aliphatic carbocycles. The van der Waals surface area contributed by atoms with E-state index in [1.54, 1.807) is 0 Å². The lowest BCUT2D eigenvalue weighted by atomic mass is 9.82. The summed E-state index contributed by atoms with van der Waals surface area (Å²) in [6, 6.07) is 54.7. The first-order valence-corrected chi connectivity index (χ1v) is 15.6. The quantitative estimate of drug-likeness (QED) is 0.207. The fourth-order valence-electron chi connectivity index (χ4n) is 7.34. The molecule has 0 unspecified atom stereocenters. The van der Waals surface area contributed by atoms with E-state index < -0.39 is 0 Å². The molecule has 9 rings (SSSR count). The minimum atomic E-state index is -0.137. The van der Waals surface area contributed by atoms with Gasteiger partial charge in [0.05, 0.1) is 0 Å². The first-order chi connectivity index (χ1) is 22.1. The van der Waals surface area contributed by atoms with Gasteiger partial charge in [0, 0.05) is 38.8 Å². The molecule has 8 aromatic rings. The fourth-order valence-corrected chi connectivity index (χ4v) is 7.34. The Hall–Kier alpha value is -5.60. The predicted octanol–water partition coefficient (Wildman–Crippen LogP) is 12.2. The topological polar surface area (TPSA) is 16.4 Å². The number of furan rings is 1. The van der Waals surface area contributed by atoms with Gasteiger partial charge in [-0.2, -0.15) is 0 Å². The Morgan fingerprint density at radius 2 is 1.13 bits per heavy atom. The SMILES string of the molecule is CC1(C)c2ccc(N(c3ccc(-c4ccccc4)cc3)c3ccc4ccccc4c3)cc2-c2c1ccc1c2oc2ccccc21. The zero-order chi connectivity index (χ0) is 30.1. The largest absolute Gasteiger partial charge is 0.455 e. The van der Waals surface area contributed by atoms with Crippen molar-refractivity contribution in [2.75, 3.05) is 4.90 Å². The minimum Gasteiger partial charge on any atom is -0.455 e. The molecule has 7 aromatic carbocycles. The van der Waals surface area contributed by atoms with Gasteiger partial charge in [-0.1, -0.05) is 123 Å². The molecular weight excluding hydrogens is 546 g/mol. The molecule has 0 amide bonds. The number of hydrogen-bond acceptors (Lipinski definition) is 2. The van der Waals surface area contributed by atoms with E-state index in [0.717, 1.165) is 33.6 Å². The van der Waals surface area contributed by atoms with Crippen LogP contribution in [0.4, 0.5) is 17.1 Å². The average molecular weight is 578 g/mol. The highest BCUT2D eigenvalue weighted by molar-refractivity contribution is 6.12. The van der Waals surface area contributed by atoms with E-state index in [9.17, 15) is 0 Å². The summed E-state index contributed by atoms with van der Waals surface area (Å²) in [7, 11) is 0. The van der Waals surface area contributed by atoms with Crippen molar-refractivity contribution in [1.29, 1.82) is 0 Å². The third kappa shape index (κ3) is 3.96. The number of fused-ring (bicyclic) bond motifs is 8. The van der Waals surface area contributed by atoms with Crippen LogP contribution in [0.2, 0.25) is 0 Å². The van der Waals surface area contributed by atoms with Crippen LogP contribution in [-0.4, -0.2) is 0 Å². The summed E-state index contributed by atoms with van der Waals surface area (Å²) in [6.45, 7) is 4.66. The van der Waals surface area contributed by atoms with Crippen molar-refractivity contribution < 1.29 is 4.42 Å². The maximum atomic E-state index is 6.60. The number of hydrogen-bond donors (Lipinski definition) is 0. The van der Waals surface area contributed by atoms with Crippen molar-refractivity contribution in [2.24, 2.45) is 0 Å². The van der Waals surface area contributed by atoms with Crippen LogP contribution in [0, 0.1) is 0 Å². The van der Waals surface area contributed by atoms with E-state index in [0.29, 0.717) is 0 Å². The van der Waals surface area contributed by atoms with Gasteiger partial charge in [-0.25, -0.2) is 0 Å². The molecule has 2 nitrogen and oxygen atoms in total. The van der Waals surface area contributed by atoms with Gasteiger partial charge >= 0.3 is 0 Å². The van der Waals surface area contributed by atoms with Crippen LogP contribution in [0.3, 0.4) is 0 Å². The molecule has 0 saturated heterocycles. The predicted molar refractivity (Wildman–Crippen MR) is 189 cm³/mol. The van der Waals surface area contributed by atoms with Crippen LogP contribution in [0.15, 0.2) is 156 Å². The number of para-hydroxylation sites is 1. The molecule has 0 atom stereocenters. The van der Waals surface area contributed by atoms with Crippen molar-refractivity contribution >= 4 is 49.8 Å². The van der Waals surface area contributed by atoms with E-state index in [1.165, 1.54) is 49.5 Å². The first-order valence-electron chi connectivity index (χ1n) is 15.6. The summed E-state index contributed by atoms with van der Waals surface area (Å²) < 4.78 is 6.60. The summed E-state index contributed by atoms with van der Waals surface area (Å²) in [5.41, 5.74) is 12.6. The van der Waals surface area contributed by atoms with Gasteiger partial charge in [0.1, 0.15) is 11.2 Å². The Bertz CT molecular complexity index is 2400. The van der Waals surface area contributed by atoms with Crippen molar-refractivity contribution in [3.63, 3.8) is 0 Å². The van der Waals surface area contributed by atoms with Crippen molar-refractivity contribution in [2.45, 2.75) is 19.3 Å². The second-order valence-electron chi connectivity index (χ2n) is 12.6. The van der Waals surface area contributed by atoms with Gasteiger partial charge in [-0.05, 0) is 81.1 Å². The molecule has 1 aromatic heterocycles.